The predicted molar refractivity (Wildman–Crippen MR) is 93.7 cm³/mol. The minimum absolute atomic E-state index is 0.0543. The van der Waals surface area contributed by atoms with E-state index in [9.17, 15) is 18.4 Å². The van der Waals surface area contributed by atoms with Gasteiger partial charge in [0.15, 0.2) is 17.3 Å². The fourth-order valence-electron chi connectivity index (χ4n) is 3.13. The third-order valence-corrected chi connectivity index (χ3v) is 4.66. The molecule has 0 spiro atoms. The Balaban J connectivity index is 1.94. The van der Waals surface area contributed by atoms with E-state index in [2.05, 4.69) is 5.32 Å². The highest BCUT2D eigenvalue weighted by Crippen LogP contribution is 2.25. The van der Waals surface area contributed by atoms with Crippen molar-refractivity contribution in [2.75, 3.05) is 13.2 Å². The summed E-state index contributed by atoms with van der Waals surface area (Å²) in [7, 11) is 0. The number of benzene rings is 1. The van der Waals surface area contributed by atoms with E-state index in [1.807, 2.05) is 0 Å². The molecule has 1 saturated carbocycles. The maximum Gasteiger partial charge on any atom is 0.223 e. The van der Waals surface area contributed by atoms with Crippen molar-refractivity contribution < 1.29 is 23.1 Å². The van der Waals surface area contributed by atoms with E-state index in [-0.39, 0.29) is 23.4 Å². The molecule has 1 atom stereocenters. The zero-order chi connectivity index (χ0) is 18.9. The molecule has 1 aromatic carbocycles. The maximum atomic E-state index is 13.6. The molecule has 0 unspecified atom stereocenters. The lowest BCUT2D eigenvalue weighted by molar-refractivity contribution is -0.131. The van der Waals surface area contributed by atoms with Gasteiger partial charge >= 0.3 is 0 Å². The average Bonchev–Trinajstić information content (AvgIpc) is 3.16. The zero-order valence-corrected chi connectivity index (χ0v) is 14.8. The van der Waals surface area contributed by atoms with Crippen LogP contribution in [0.3, 0.4) is 0 Å². The summed E-state index contributed by atoms with van der Waals surface area (Å²) in [6.45, 7) is 0.0705. The lowest BCUT2D eigenvalue weighted by Crippen LogP contribution is -2.45. The SMILES string of the molecule is NCCCC[C@H](NC(=O)C1CCCC1)C(=O)COc1cccc(F)c1F. The first-order valence-electron chi connectivity index (χ1n) is 9.13. The number of hydrogen-bond donors (Lipinski definition) is 2. The molecule has 1 aliphatic carbocycles. The predicted octanol–water partition coefficient (Wildman–Crippen LogP) is 2.72. The molecule has 0 heterocycles. The van der Waals surface area contributed by atoms with Crippen LogP contribution in [0.1, 0.15) is 44.9 Å². The third-order valence-electron chi connectivity index (χ3n) is 4.66. The van der Waals surface area contributed by atoms with Crippen molar-refractivity contribution in [2.45, 2.75) is 51.0 Å². The Morgan fingerprint density at radius 1 is 1.23 bits per heavy atom. The van der Waals surface area contributed by atoms with Gasteiger partial charge in [-0.1, -0.05) is 18.9 Å². The summed E-state index contributed by atoms with van der Waals surface area (Å²) < 4.78 is 32.0. The molecule has 0 bridgehead atoms. The van der Waals surface area contributed by atoms with Gasteiger partial charge in [0, 0.05) is 5.92 Å². The zero-order valence-electron chi connectivity index (χ0n) is 14.8. The van der Waals surface area contributed by atoms with Crippen LogP contribution < -0.4 is 15.8 Å². The molecule has 5 nitrogen and oxygen atoms in total. The number of amides is 1. The van der Waals surface area contributed by atoms with Gasteiger partial charge in [0.1, 0.15) is 6.61 Å². The molecule has 0 aromatic heterocycles. The van der Waals surface area contributed by atoms with Crippen molar-refractivity contribution in [3.8, 4) is 5.75 Å². The number of ketones is 1. The van der Waals surface area contributed by atoms with Gasteiger partial charge in [0.25, 0.3) is 0 Å². The Kier molecular flexibility index (Phi) is 7.97. The lowest BCUT2D eigenvalue weighted by Gasteiger charge is -2.20. The molecule has 26 heavy (non-hydrogen) atoms. The highest BCUT2D eigenvalue weighted by Gasteiger charge is 2.27. The van der Waals surface area contributed by atoms with Gasteiger partial charge < -0.3 is 15.8 Å². The smallest absolute Gasteiger partial charge is 0.223 e. The van der Waals surface area contributed by atoms with Crippen LogP contribution in [-0.4, -0.2) is 30.9 Å². The summed E-state index contributed by atoms with van der Waals surface area (Å²) in [6.07, 6.45) is 5.58. The van der Waals surface area contributed by atoms with Gasteiger partial charge in [-0.15, -0.1) is 0 Å². The first-order valence-corrected chi connectivity index (χ1v) is 9.13. The fraction of sp³-hybridized carbons (Fsp3) is 0.579. The Hall–Kier alpha value is -2.02. The molecule has 1 aromatic rings. The Morgan fingerprint density at radius 2 is 1.96 bits per heavy atom. The Morgan fingerprint density at radius 3 is 2.65 bits per heavy atom. The molecule has 2 rings (SSSR count). The van der Waals surface area contributed by atoms with Crippen molar-refractivity contribution in [3.63, 3.8) is 0 Å². The summed E-state index contributed by atoms with van der Waals surface area (Å²) in [5, 5.41) is 2.80. The van der Waals surface area contributed by atoms with E-state index >= 15 is 0 Å². The number of nitrogens with two attached hydrogens (primary N) is 1. The van der Waals surface area contributed by atoms with Crippen LogP contribution in [0, 0.1) is 17.6 Å². The van der Waals surface area contributed by atoms with Crippen LogP contribution in [0.15, 0.2) is 18.2 Å². The molecule has 1 fully saturated rings. The molecule has 7 heteroatoms. The quantitative estimate of drug-likeness (QED) is 0.622. The summed E-state index contributed by atoms with van der Waals surface area (Å²) in [6, 6.07) is 2.83. The number of halogens is 2. The molecular formula is C19H26F2N2O3. The number of carbonyl (C=O) groups excluding carboxylic acids is 2. The Bertz CT molecular complexity index is 619. The second-order valence-electron chi connectivity index (χ2n) is 6.63. The summed E-state index contributed by atoms with van der Waals surface area (Å²) >= 11 is 0. The van der Waals surface area contributed by atoms with E-state index in [1.165, 1.54) is 12.1 Å². The minimum Gasteiger partial charge on any atom is -0.483 e. The Labute approximate surface area is 152 Å². The molecule has 0 aliphatic heterocycles. The molecule has 1 amide bonds. The average molecular weight is 368 g/mol. The summed E-state index contributed by atoms with van der Waals surface area (Å²) in [5.41, 5.74) is 5.48. The minimum atomic E-state index is -1.13. The third kappa shape index (κ3) is 5.76. The van der Waals surface area contributed by atoms with Crippen LogP contribution >= 0.6 is 0 Å². The van der Waals surface area contributed by atoms with Crippen LogP contribution in [0.5, 0.6) is 5.75 Å². The van der Waals surface area contributed by atoms with Gasteiger partial charge in [0.2, 0.25) is 11.7 Å². The largest absolute Gasteiger partial charge is 0.483 e. The van der Waals surface area contributed by atoms with Crippen LogP contribution in [-0.2, 0) is 9.59 Å². The lowest BCUT2D eigenvalue weighted by atomic mass is 10.0. The van der Waals surface area contributed by atoms with Gasteiger partial charge in [-0.05, 0) is 50.8 Å². The highest BCUT2D eigenvalue weighted by molar-refractivity contribution is 5.90. The number of nitrogens with one attached hydrogen (secondary N) is 1. The van der Waals surface area contributed by atoms with Gasteiger partial charge in [-0.3, -0.25) is 9.59 Å². The topological polar surface area (TPSA) is 81.4 Å². The second-order valence-corrected chi connectivity index (χ2v) is 6.63. The number of Topliss-reactive ketones (excluding diaryl/α,β-unsaturated/α-hetero) is 1. The normalized spacial score (nSPS) is 15.7. The number of carbonyl (C=O) groups is 2. The van der Waals surface area contributed by atoms with Crippen molar-refractivity contribution in [3.05, 3.63) is 29.8 Å². The van der Waals surface area contributed by atoms with Gasteiger partial charge in [-0.25, -0.2) is 4.39 Å². The summed E-state index contributed by atoms with van der Waals surface area (Å²) in [4.78, 5) is 24.8. The van der Waals surface area contributed by atoms with E-state index in [0.29, 0.717) is 19.4 Å². The maximum absolute atomic E-state index is 13.6. The highest BCUT2D eigenvalue weighted by atomic mass is 19.2. The molecule has 1 aliphatic rings. The number of hydrogen-bond acceptors (Lipinski definition) is 4. The van der Waals surface area contributed by atoms with Crippen LogP contribution in [0.4, 0.5) is 8.78 Å². The molecular weight excluding hydrogens is 342 g/mol. The fourth-order valence-corrected chi connectivity index (χ4v) is 3.13. The van der Waals surface area contributed by atoms with E-state index < -0.39 is 24.3 Å². The number of ether oxygens (including phenoxy) is 1. The first-order chi connectivity index (χ1) is 12.5. The van der Waals surface area contributed by atoms with E-state index in [4.69, 9.17) is 10.5 Å². The van der Waals surface area contributed by atoms with Crippen molar-refractivity contribution in [1.82, 2.24) is 5.32 Å². The number of unbranched alkanes of at least 4 members (excludes halogenated alkanes) is 1. The second kappa shape index (κ2) is 10.2. The molecule has 0 radical (unpaired) electrons. The van der Waals surface area contributed by atoms with Crippen molar-refractivity contribution in [1.29, 1.82) is 0 Å². The van der Waals surface area contributed by atoms with Gasteiger partial charge in [0.05, 0.1) is 6.04 Å². The van der Waals surface area contributed by atoms with E-state index in [0.717, 1.165) is 38.2 Å². The monoisotopic (exact) mass is 368 g/mol. The van der Waals surface area contributed by atoms with Crippen molar-refractivity contribution in [2.24, 2.45) is 11.7 Å². The standard InChI is InChI=1S/C19H26F2N2O3/c20-14-8-5-10-17(18(14)21)26-12-16(24)15(9-3-4-11-22)23-19(25)13-6-1-2-7-13/h5,8,10,13,15H,1-4,6-7,9,11-12,22H2,(H,23,25)/t15-/m0/s1. The van der Waals surface area contributed by atoms with Crippen LogP contribution in [0.2, 0.25) is 0 Å². The number of rotatable bonds is 10. The molecule has 3 N–H and O–H groups in total. The van der Waals surface area contributed by atoms with Crippen molar-refractivity contribution >= 4 is 11.7 Å². The molecule has 144 valence electrons. The van der Waals surface area contributed by atoms with Crippen LogP contribution in [0.25, 0.3) is 0 Å². The van der Waals surface area contributed by atoms with E-state index in [1.54, 1.807) is 0 Å². The first kappa shape index (κ1) is 20.3. The summed E-state index contributed by atoms with van der Waals surface area (Å²) in [5.74, 6) is -3.02. The van der Waals surface area contributed by atoms with Gasteiger partial charge in [-0.2, -0.15) is 4.39 Å². The molecule has 0 saturated heterocycles.